The van der Waals surface area contributed by atoms with Crippen LogP contribution in [0.3, 0.4) is 0 Å². The van der Waals surface area contributed by atoms with Gasteiger partial charge in [0, 0.05) is 0 Å². The standard InChI is InChI=1S/C4H12O4P.ClH/c5-1-9(2-6,3-7)4-8;/h5-8H,1-4H2;1H/q+1;/p-1. The summed E-state index contributed by atoms with van der Waals surface area (Å²) < 4.78 is 0. The zero-order valence-corrected chi connectivity index (χ0v) is 7.09. The molecule has 0 aliphatic carbocycles. The Bertz CT molecular complexity index is 60.1. The van der Waals surface area contributed by atoms with E-state index in [9.17, 15) is 0 Å². The van der Waals surface area contributed by atoms with E-state index < -0.39 is 7.26 Å². The summed E-state index contributed by atoms with van der Waals surface area (Å²) in [6, 6.07) is 0. The van der Waals surface area contributed by atoms with Gasteiger partial charge >= 0.3 is 0 Å². The first-order chi connectivity index (χ1) is 4.24. The third kappa shape index (κ3) is 3.10. The summed E-state index contributed by atoms with van der Waals surface area (Å²) in [5, 5.41) is 34.2. The molecule has 0 aromatic rings. The van der Waals surface area contributed by atoms with Crippen LogP contribution in [-0.4, -0.2) is 45.8 Å². The number of rotatable bonds is 4. The van der Waals surface area contributed by atoms with Gasteiger partial charge in [-0.15, -0.1) is 0 Å². The average Bonchev–Trinajstić information content (AvgIpc) is 1.95. The van der Waals surface area contributed by atoms with Gasteiger partial charge in [0.25, 0.3) is 0 Å². The second-order valence-corrected chi connectivity index (χ2v) is 5.72. The first kappa shape index (κ1) is 13.2. The summed E-state index contributed by atoms with van der Waals surface area (Å²) in [6.07, 6.45) is -1.18. The second kappa shape index (κ2) is 6.28. The fraction of sp³-hybridized carbons (Fsp3) is 1.00. The van der Waals surface area contributed by atoms with Crippen LogP contribution in [0.2, 0.25) is 0 Å². The molecule has 0 aromatic heterocycles. The van der Waals surface area contributed by atoms with E-state index in [4.69, 9.17) is 20.4 Å². The fourth-order valence-corrected chi connectivity index (χ4v) is 0.805. The molecule has 4 N–H and O–H groups in total. The van der Waals surface area contributed by atoms with Gasteiger partial charge in [-0.05, 0) is 0 Å². The molecular formula is C4H12ClO4P. The number of halogens is 1. The lowest BCUT2D eigenvalue weighted by Crippen LogP contribution is -3.00. The molecule has 0 heterocycles. The Morgan fingerprint density at radius 1 is 0.700 bits per heavy atom. The number of hydrogen-bond acceptors (Lipinski definition) is 4. The minimum atomic E-state index is -2.20. The highest BCUT2D eigenvalue weighted by Gasteiger charge is 2.34. The zero-order valence-electron chi connectivity index (χ0n) is 5.44. The molecule has 0 aliphatic rings. The van der Waals surface area contributed by atoms with Crippen LogP contribution in [0, 0.1) is 0 Å². The van der Waals surface area contributed by atoms with Gasteiger partial charge in [-0.2, -0.15) is 0 Å². The highest BCUT2D eigenvalue weighted by atomic mass is 35.5. The minimum Gasteiger partial charge on any atom is -1.00 e. The van der Waals surface area contributed by atoms with Gasteiger partial charge in [-0.1, -0.05) is 0 Å². The van der Waals surface area contributed by atoms with Crippen LogP contribution in [0.5, 0.6) is 0 Å². The summed E-state index contributed by atoms with van der Waals surface area (Å²) >= 11 is 0. The quantitative estimate of drug-likeness (QED) is 0.339. The molecule has 10 heavy (non-hydrogen) atoms. The van der Waals surface area contributed by atoms with Gasteiger partial charge in [-0.3, -0.25) is 0 Å². The molecule has 0 atom stereocenters. The van der Waals surface area contributed by atoms with Crippen LogP contribution in [-0.2, 0) is 0 Å². The Hall–Kier alpha value is 0.560. The molecule has 0 spiro atoms. The van der Waals surface area contributed by atoms with Crippen LogP contribution >= 0.6 is 7.26 Å². The van der Waals surface area contributed by atoms with Crippen LogP contribution in [0.1, 0.15) is 0 Å². The van der Waals surface area contributed by atoms with Crippen LogP contribution < -0.4 is 12.4 Å². The lowest BCUT2D eigenvalue weighted by molar-refractivity contribution is -0.00000551. The summed E-state index contributed by atoms with van der Waals surface area (Å²) in [4.78, 5) is 0. The maximum atomic E-state index is 8.55. The molecule has 0 rings (SSSR count). The summed E-state index contributed by atoms with van der Waals surface area (Å²) in [7, 11) is -2.20. The van der Waals surface area contributed by atoms with E-state index in [1.54, 1.807) is 0 Å². The Morgan fingerprint density at radius 2 is 0.900 bits per heavy atom. The van der Waals surface area contributed by atoms with Crippen LogP contribution in [0.25, 0.3) is 0 Å². The van der Waals surface area contributed by atoms with E-state index in [1.165, 1.54) is 0 Å². The van der Waals surface area contributed by atoms with E-state index in [-0.39, 0.29) is 37.8 Å². The molecule has 0 saturated carbocycles. The van der Waals surface area contributed by atoms with Crippen molar-refractivity contribution in [2.24, 2.45) is 0 Å². The predicted octanol–water partition coefficient (Wildman–Crippen LogP) is -4.19. The van der Waals surface area contributed by atoms with Crippen molar-refractivity contribution in [3.63, 3.8) is 0 Å². The van der Waals surface area contributed by atoms with Crippen molar-refractivity contribution in [2.75, 3.05) is 25.4 Å². The molecular weight excluding hydrogens is 178 g/mol. The Balaban J connectivity index is 0. The number of aliphatic hydroxyl groups is 4. The Kier molecular flexibility index (Phi) is 8.27. The smallest absolute Gasteiger partial charge is 0.161 e. The fourth-order valence-electron chi connectivity index (χ4n) is 0.268. The van der Waals surface area contributed by atoms with Gasteiger partial charge in [0.2, 0.25) is 0 Å². The normalized spacial score (nSPS) is 10.8. The van der Waals surface area contributed by atoms with Crippen molar-refractivity contribution < 1.29 is 32.8 Å². The predicted molar refractivity (Wildman–Crippen MR) is 35.3 cm³/mol. The first-order valence-corrected chi connectivity index (χ1v) is 5.06. The van der Waals surface area contributed by atoms with Gasteiger partial charge in [-0.25, -0.2) is 0 Å². The summed E-state index contributed by atoms with van der Waals surface area (Å²) in [5.41, 5.74) is 0. The second-order valence-electron chi connectivity index (χ2n) is 1.91. The highest BCUT2D eigenvalue weighted by molar-refractivity contribution is 7.75. The topological polar surface area (TPSA) is 80.9 Å². The van der Waals surface area contributed by atoms with E-state index in [0.29, 0.717) is 0 Å². The lowest BCUT2D eigenvalue weighted by Gasteiger charge is -2.15. The molecule has 4 nitrogen and oxygen atoms in total. The average molecular weight is 191 g/mol. The monoisotopic (exact) mass is 190 g/mol. The van der Waals surface area contributed by atoms with E-state index in [1.807, 2.05) is 0 Å². The highest BCUT2D eigenvalue weighted by Crippen LogP contribution is 2.54. The minimum absolute atomic E-state index is 0. The van der Waals surface area contributed by atoms with Gasteiger partial charge in [0.05, 0.1) is 0 Å². The molecule has 0 radical (unpaired) electrons. The van der Waals surface area contributed by atoms with Crippen molar-refractivity contribution in [1.82, 2.24) is 0 Å². The summed E-state index contributed by atoms with van der Waals surface area (Å²) in [5.74, 6) is 0. The Labute approximate surface area is 66.2 Å². The molecule has 0 saturated heterocycles. The zero-order chi connectivity index (χ0) is 7.33. The number of aliphatic hydroxyl groups excluding tert-OH is 4. The van der Waals surface area contributed by atoms with Gasteiger partial charge in [0.15, 0.2) is 25.4 Å². The molecule has 0 unspecified atom stereocenters. The largest absolute Gasteiger partial charge is 1.00 e. The first-order valence-electron chi connectivity index (χ1n) is 2.53. The molecule has 6 heteroatoms. The van der Waals surface area contributed by atoms with Crippen LogP contribution in [0.4, 0.5) is 0 Å². The Morgan fingerprint density at radius 3 is 0.900 bits per heavy atom. The summed E-state index contributed by atoms with van der Waals surface area (Å²) in [6.45, 7) is 0. The molecule has 0 fully saturated rings. The third-order valence-corrected chi connectivity index (χ3v) is 3.60. The van der Waals surface area contributed by atoms with Crippen molar-refractivity contribution >= 4 is 7.26 Å². The van der Waals surface area contributed by atoms with E-state index >= 15 is 0 Å². The lowest BCUT2D eigenvalue weighted by atomic mass is 11.6. The molecule has 0 aliphatic heterocycles. The van der Waals surface area contributed by atoms with Gasteiger partial charge in [0.1, 0.15) is 7.26 Å². The molecule has 0 bridgehead atoms. The SMILES string of the molecule is OC[P+](CO)(CO)CO.[Cl-]. The van der Waals surface area contributed by atoms with Crippen molar-refractivity contribution in [2.45, 2.75) is 0 Å². The maximum Gasteiger partial charge on any atom is 0.161 e. The molecule has 0 aromatic carbocycles. The van der Waals surface area contributed by atoms with E-state index in [2.05, 4.69) is 0 Å². The maximum absolute atomic E-state index is 8.55. The van der Waals surface area contributed by atoms with Crippen molar-refractivity contribution in [3.05, 3.63) is 0 Å². The number of hydrogen-bond donors (Lipinski definition) is 4. The van der Waals surface area contributed by atoms with Crippen LogP contribution in [0.15, 0.2) is 0 Å². The molecule has 0 amide bonds. The van der Waals surface area contributed by atoms with Crippen molar-refractivity contribution in [3.8, 4) is 0 Å². The molecule has 64 valence electrons. The third-order valence-electron chi connectivity index (χ3n) is 1.20. The van der Waals surface area contributed by atoms with Crippen molar-refractivity contribution in [1.29, 1.82) is 0 Å². The van der Waals surface area contributed by atoms with E-state index in [0.717, 1.165) is 0 Å². The van der Waals surface area contributed by atoms with Gasteiger partial charge < -0.3 is 32.8 Å².